The third-order valence-corrected chi connectivity index (χ3v) is 3.16. The Balaban J connectivity index is 1.90. The zero-order valence-corrected chi connectivity index (χ0v) is 8.46. The lowest BCUT2D eigenvalue weighted by atomic mass is 10.3. The second-order valence-corrected chi connectivity index (χ2v) is 4.43. The Morgan fingerprint density at radius 3 is 2.85 bits per heavy atom. The molecular weight excluding hydrogens is 180 g/mol. The summed E-state index contributed by atoms with van der Waals surface area (Å²) in [5.74, 6) is 2.54. The molecule has 1 aromatic heterocycles. The molecule has 1 fully saturated rings. The predicted octanol–water partition coefficient (Wildman–Crippen LogP) is 1.63. The van der Waals surface area contributed by atoms with Gasteiger partial charge in [0.2, 0.25) is 0 Å². The smallest absolute Gasteiger partial charge is 0.0543 e. The molecule has 1 aliphatic heterocycles. The van der Waals surface area contributed by atoms with Gasteiger partial charge >= 0.3 is 0 Å². The molecule has 0 bridgehead atoms. The minimum Gasteiger partial charge on any atom is -0.296 e. The molecule has 2 nitrogen and oxygen atoms in total. The van der Waals surface area contributed by atoms with Crippen molar-refractivity contribution in [3.05, 3.63) is 30.1 Å². The molecule has 0 unspecified atom stereocenters. The van der Waals surface area contributed by atoms with E-state index in [9.17, 15) is 0 Å². The van der Waals surface area contributed by atoms with E-state index in [4.69, 9.17) is 0 Å². The Hall–Kier alpha value is -0.540. The van der Waals surface area contributed by atoms with Crippen molar-refractivity contribution in [2.24, 2.45) is 0 Å². The maximum absolute atomic E-state index is 4.32. The van der Waals surface area contributed by atoms with E-state index in [0.717, 1.165) is 6.54 Å². The lowest BCUT2D eigenvalue weighted by Gasteiger charge is -2.25. The number of nitrogens with zero attached hydrogens (tertiary/aromatic N) is 2. The Bertz CT molecular complexity index is 244. The first-order chi connectivity index (χ1) is 6.45. The topological polar surface area (TPSA) is 16.1 Å². The molecule has 0 aromatic carbocycles. The number of rotatable bonds is 2. The fourth-order valence-electron chi connectivity index (χ4n) is 1.48. The molecule has 3 heteroatoms. The standard InChI is InChI=1S/C10H14N2S/c1-2-4-11-10(3-1)9-12-5-7-13-8-6-12/h1-4H,5-9H2. The van der Waals surface area contributed by atoms with Crippen molar-refractivity contribution in [1.29, 1.82) is 0 Å². The molecule has 2 heterocycles. The van der Waals surface area contributed by atoms with Gasteiger partial charge in [0.15, 0.2) is 0 Å². The third kappa shape index (κ3) is 2.71. The van der Waals surface area contributed by atoms with Crippen LogP contribution < -0.4 is 0 Å². The van der Waals surface area contributed by atoms with Gasteiger partial charge < -0.3 is 0 Å². The van der Waals surface area contributed by atoms with Crippen LogP contribution in [0.2, 0.25) is 0 Å². The van der Waals surface area contributed by atoms with Crippen LogP contribution in [-0.4, -0.2) is 34.5 Å². The molecule has 0 aliphatic carbocycles. The van der Waals surface area contributed by atoms with E-state index in [2.05, 4.69) is 22.0 Å². The van der Waals surface area contributed by atoms with Crippen LogP contribution in [0.4, 0.5) is 0 Å². The molecule has 0 N–H and O–H groups in total. The van der Waals surface area contributed by atoms with Gasteiger partial charge in [-0.05, 0) is 12.1 Å². The van der Waals surface area contributed by atoms with Crippen LogP contribution in [0.15, 0.2) is 24.4 Å². The van der Waals surface area contributed by atoms with E-state index < -0.39 is 0 Å². The maximum atomic E-state index is 4.32. The molecule has 1 aliphatic rings. The minimum absolute atomic E-state index is 1.02. The number of pyridine rings is 1. The summed E-state index contributed by atoms with van der Waals surface area (Å²) in [5.41, 5.74) is 1.19. The van der Waals surface area contributed by atoms with Crippen molar-refractivity contribution in [3.8, 4) is 0 Å². The van der Waals surface area contributed by atoms with Crippen molar-refractivity contribution >= 4 is 11.8 Å². The molecule has 2 rings (SSSR count). The van der Waals surface area contributed by atoms with Crippen LogP contribution in [-0.2, 0) is 6.54 Å². The van der Waals surface area contributed by atoms with Crippen LogP contribution in [0.1, 0.15) is 5.69 Å². The molecule has 0 atom stereocenters. The van der Waals surface area contributed by atoms with E-state index >= 15 is 0 Å². The van der Waals surface area contributed by atoms with Crippen LogP contribution in [0.25, 0.3) is 0 Å². The summed E-state index contributed by atoms with van der Waals surface area (Å²) in [6, 6.07) is 6.12. The highest BCUT2D eigenvalue weighted by Crippen LogP contribution is 2.11. The van der Waals surface area contributed by atoms with Crippen LogP contribution in [0, 0.1) is 0 Å². The molecule has 0 spiro atoms. The summed E-state index contributed by atoms with van der Waals surface area (Å²) in [6.07, 6.45) is 1.87. The average molecular weight is 194 g/mol. The van der Waals surface area contributed by atoms with Gasteiger partial charge in [0.05, 0.1) is 5.69 Å². The van der Waals surface area contributed by atoms with Crippen LogP contribution in [0.3, 0.4) is 0 Å². The van der Waals surface area contributed by atoms with E-state index in [0.29, 0.717) is 0 Å². The van der Waals surface area contributed by atoms with E-state index in [1.165, 1.54) is 30.3 Å². The zero-order valence-electron chi connectivity index (χ0n) is 7.65. The second-order valence-electron chi connectivity index (χ2n) is 3.21. The van der Waals surface area contributed by atoms with E-state index in [1.807, 2.05) is 24.0 Å². The number of hydrogen-bond acceptors (Lipinski definition) is 3. The fourth-order valence-corrected chi connectivity index (χ4v) is 2.46. The molecule has 1 aromatic rings. The van der Waals surface area contributed by atoms with Gasteiger partial charge in [-0.2, -0.15) is 11.8 Å². The van der Waals surface area contributed by atoms with Gasteiger partial charge in [-0.15, -0.1) is 0 Å². The molecule has 0 radical (unpaired) electrons. The lowest BCUT2D eigenvalue weighted by molar-refractivity contribution is 0.291. The SMILES string of the molecule is c1ccc(CN2CCSCC2)nc1. The van der Waals surface area contributed by atoms with Crippen LogP contribution >= 0.6 is 11.8 Å². The molecule has 70 valence electrons. The zero-order chi connectivity index (χ0) is 8.93. The van der Waals surface area contributed by atoms with Gasteiger partial charge in [-0.3, -0.25) is 9.88 Å². The van der Waals surface area contributed by atoms with Crippen molar-refractivity contribution in [1.82, 2.24) is 9.88 Å². The highest BCUT2D eigenvalue weighted by molar-refractivity contribution is 7.99. The normalized spacial score (nSPS) is 18.8. The predicted molar refractivity (Wildman–Crippen MR) is 56.8 cm³/mol. The summed E-state index contributed by atoms with van der Waals surface area (Å²) in [4.78, 5) is 6.80. The van der Waals surface area contributed by atoms with Crippen molar-refractivity contribution in [3.63, 3.8) is 0 Å². The van der Waals surface area contributed by atoms with Gasteiger partial charge in [-0.1, -0.05) is 6.07 Å². The first-order valence-electron chi connectivity index (χ1n) is 4.65. The number of aromatic nitrogens is 1. The molecular formula is C10H14N2S. The summed E-state index contributed by atoms with van der Waals surface area (Å²) >= 11 is 2.05. The van der Waals surface area contributed by atoms with E-state index in [-0.39, 0.29) is 0 Å². The first-order valence-corrected chi connectivity index (χ1v) is 5.80. The van der Waals surface area contributed by atoms with Crippen LogP contribution in [0.5, 0.6) is 0 Å². The summed E-state index contributed by atoms with van der Waals surface area (Å²) < 4.78 is 0. The number of thioether (sulfide) groups is 1. The fraction of sp³-hybridized carbons (Fsp3) is 0.500. The number of hydrogen-bond donors (Lipinski definition) is 0. The monoisotopic (exact) mass is 194 g/mol. The van der Waals surface area contributed by atoms with Gasteiger partial charge in [-0.25, -0.2) is 0 Å². The van der Waals surface area contributed by atoms with Crippen molar-refractivity contribution < 1.29 is 0 Å². The molecule has 1 saturated heterocycles. The Morgan fingerprint density at radius 1 is 1.31 bits per heavy atom. The quantitative estimate of drug-likeness (QED) is 0.712. The third-order valence-electron chi connectivity index (χ3n) is 2.22. The summed E-state index contributed by atoms with van der Waals surface area (Å²) in [7, 11) is 0. The summed E-state index contributed by atoms with van der Waals surface area (Å²) in [6.45, 7) is 3.43. The minimum atomic E-state index is 1.02. The lowest BCUT2D eigenvalue weighted by Crippen LogP contribution is -2.32. The Kier molecular flexibility index (Phi) is 3.22. The van der Waals surface area contributed by atoms with Gasteiger partial charge in [0, 0.05) is 37.3 Å². The van der Waals surface area contributed by atoms with Crippen molar-refractivity contribution in [2.75, 3.05) is 24.6 Å². The molecule has 0 amide bonds. The summed E-state index contributed by atoms with van der Waals surface area (Å²) in [5, 5.41) is 0. The highest BCUT2D eigenvalue weighted by Gasteiger charge is 2.10. The molecule has 0 saturated carbocycles. The molecule has 13 heavy (non-hydrogen) atoms. The van der Waals surface area contributed by atoms with Gasteiger partial charge in [0.1, 0.15) is 0 Å². The highest BCUT2D eigenvalue weighted by atomic mass is 32.2. The Labute approximate surface area is 83.4 Å². The van der Waals surface area contributed by atoms with Crippen molar-refractivity contribution in [2.45, 2.75) is 6.54 Å². The maximum Gasteiger partial charge on any atom is 0.0543 e. The Morgan fingerprint density at radius 2 is 2.15 bits per heavy atom. The van der Waals surface area contributed by atoms with E-state index in [1.54, 1.807) is 0 Å². The average Bonchev–Trinajstić information content (AvgIpc) is 2.21. The van der Waals surface area contributed by atoms with Gasteiger partial charge in [0.25, 0.3) is 0 Å². The first kappa shape index (κ1) is 9.03. The largest absolute Gasteiger partial charge is 0.296 e. The second kappa shape index (κ2) is 4.63.